The summed E-state index contributed by atoms with van der Waals surface area (Å²) in [4.78, 5) is 4.05. The minimum absolute atomic E-state index is 0.533. The Morgan fingerprint density at radius 1 is 1.17 bits per heavy atom. The van der Waals surface area contributed by atoms with Crippen LogP contribution in [0.1, 0.15) is 30.0 Å². The summed E-state index contributed by atoms with van der Waals surface area (Å²) >= 11 is 0. The summed E-state index contributed by atoms with van der Waals surface area (Å²) in [6.07, 6.45) is 7.54. The summed E-state index contributed by atoms with van der Waals surface area (Å²) in [7, 11) is 0. The van der Waals surface area contributed by atoms with Crippen molar-refractivity contribution in [1.29, 1.82) is 5.26 Å². The normalized spacial score (nSPS) is 10.3. The van der Waals surface area contributed by atoms with Gasteiger partial charge in [0.1, 0.15) is 17.6 Å². The highest BCUT2D eigenvalue weighted by molar-refractivity contribution is 5.47. The summed E-state index contributed by atoms with van der Waals surface area (Å²) in [6.45, 7) is 2.85. The predicted octanol–water partition coefficient (Wildman–Crippen LogP) is 4.55. The molecule has 4 nitrogen and oxygen atoms in total. The van der Waals surface area contributed by atoms with Gasteiger partial charge in [0.25, 0.3) is 0 Å². The van der Waals surface area contributed by atoms with E-state index in [1.54, 1.807) is 18.6 Å². The molecule has 2 aromatic carbocycles. The van der Waals surface area contributed by atoms with Crippen molar-refractivity contribution >= 4 is 0 Å². The second kappa shape index (κ2) is 7.47. The number of aryl methyl sites for hydroxylation is 1. The number of benzene rings is 2. The van der Waals surface area contributed by atoms with Crippen LogP contribution in [0.15, 0.2) is 61.2 Å². The molecule has 0 aliphatic rings. The van der Waals surface area contributed by atoms with Crippen LogP contribution in [0, 0.1) is 11.3 Å². The second-order valence-electron chi connectivity index (χ2n) is 5.68. The zero-order valence-corrected chi connectivity index (χ0v) is 13.6. The van der Waals surface area contributed by atoms with Gasteiger partial charge in [0, 0.05) is 18.9 Å². The molecule has 1 aromatic heterocycles. The van der Waals surface area contributed by atoms with Gasteiger partial charge in [-0.2, -0.15) is 5.26 Å². The van der Waals surface area contributed by atoms with Gasteiger partial charge in [-0.3, -0.25) is 0 Å². The van der Waals surface area contributed by atoms with Gasteiger partial charge in [0.15, 0.2) is 0 Å². The van der Waals surface area contributed by atoms with E-state index in [9.17, 15) is 5.26 Å². The highest BCUT2D eigenvalue weighted by Crippen LogP contribution is 2.27. The van der Waals surface area contributed by atoms with Crippen molar-refractivity contribution in [2.24, 2.45) is 0 Å². The molecule has 0 atom stereocenters. The first-order valence-electron chi connectivity index (χ1n) is 8.04. The lowest BCUT2D eigenvalue weighted by atomic mass is 10.1. The number of nitriles is 1. The molecule has 0 saturated carbocycles. The molecule has 3 rings (SSSR count). The van der Waals surface area contributed by atoms with Gasteiger partial charge in [-0.05, 0) is 41.8 Å². The first-order chi connectivity index (χ1) is 11.8. The Balaban J connectivity index is 1.85. The minimum Gasteiger partial charge on any atom is -0.456 e. The fourth-order valence-electron chi connectivity index (χ4n) is 2.61. The first-order valence-corrected chi connectivity index (χ1v) is 8.04. The summed E-state index contributed by atoms with van der Waals surface area (Å²) in [5.41, 5.74) is 2.83. The molecule has 0 N–H and O–H groups in total. The third-order valence-corrected chi connectivity index (χ3v) is 3.76. The largest absolute Gasteiger partial charge is 0.456 e. The van der Waals surface area contributed by atoms with Gasteiger partial charge in [0.05, 0.1) is 11.9 Å². The lowest BCUT2D eigenvalue weighted by Gasteiger charge is -2.11. The van der Waals surface area contributed by atoms with Crippen molar-refractivity contribution < 1.29 is 4.74 Å². The number of hydrogen-bond donors (Lipinski definition) is 0. The van der Waals surface area contributed by atoms with E-state index in [-0.39, 0.29) is 0 Å². The van der Waals surface area contributed by atoms with Crippen molar-refractivity contribution in [3.8, 4) is 17.6 Å². The van der Waals surface area contributed by atoms with Crippen LogP contribution in [0.4, 0.5) is 0 Å². The van der Waals surface area contributed by atoms with E-state index in [0.29, 0.717) is 17.9 Å². The van der Waals surface area contributed by atoms with Crippen molar-refractivity contribution in [2.45, 2.75) is 26.3 Å². The molecule has 0 saturated heterocycles. The Labute approximate surface area is 142 Å². The molecule has 0 spiro atoms. The van der Waals surface area contributed by atoms with Gasteiger partial charge in [-0.25, -0.2) is 4.98 Å². The van der Waals surface area contributed by atoms with Crippen LogP contribution in [-0.2, 0) is 13.0 Å². The number of aromatic nitrogens is 2. The molecule has 0 unspecified atom stereocenters. The minimum atomic E-state index is 0.533. The summed E-state index contributed by atoms with van der Waals surface area (Å²) in [5.74, 6) is 1.35. The molecule has 0 amide bonds. The maximum absolute atomic E-state index is 9.34. The Hall–Kier alpha value is -3.06. The number of ether oxygens (including phenoxy) is 1. The molecular formula is C20H19N3O. The number of nitrogens with zero attached hydrogens (tertiary/aromatic N) is 3. The molecule has 0 aliphatic heterocycles. The van der Waals surface area contributed by atoms with Crippen LogP contribution in [0.5, 0.6) is 11.5 Å². The number of rotatable bonds is 6. The average Bonchev–Trinajstić information content (AvgIpc) is 3.09. The van der Waals surface area contributed by atoms with E-state index in [1.807, 2.05) is 41.1 Å². The van der Waals surface area contributed by atoms with Crippen LogP contribution < -0.4 is 4.74 Å². The number of hydrogen-bond acceptors (Lipinski definition) is 3. The molecule has 0 fully saturated rings. The monoisotopic (exact) mass is 317 g/mol. The van der Waals surface area contributed by atoms with Crippen LogP contribution in [0.2, 0.25) is 0 Å². The van der Waals surface area contributed by atoms with E-state index < -0.39 is 0 Å². The molecule has 0 radical (unpaired) electrons. The third kappa shape index (κ3) is 3.82. The Kier molecular flexibility index (Phi) is 4.93. The first kappa shape index (κ1) is 15.8. The lowest BCUT2D eigenvalue weighted by molar-refractivity contribution is 0.479. The zero-order chi connectivity index (χ0) is 16.8. The summed E-state index contributed by atoms with van der Waals surface area (Å²) in [5, 5.41) is 9.34. The molecule has 24 heavy (non-hydrogen) atoms. The molecular weight excluding hydrogens is 298 g/mol. The van der Waals surface area contributed by atoms with Crippen LogP contribution in [0.25, 0.3) is 0 Å². The SMILES string of the molecule is CCCc1cccc(Oc2cc(Cn3ccnc3)ccc2C#N)c1. The maximum Gasteiger partial charge on any atom is 0.145 e. The molecule has 120 valence electrons. The lowest BCUT2D eigenvalue weighted by Crippen LogP contribution is -1.98. The number of imidazole rings is 1. The van der Waals surface area contributed by atoms with Crippen LogP contribution in [0.3, 0.4) is 0 Å². The highest BCUT2D eigenvalue weighted by Gasteiger charge is 2.07. The quantitative estimate of drug-likeness (QED) is 0.670. The van der Waals surface area contributed by atoms with Gasteiger partial charge >= 0.3 is 0 Å². The van der Waals surface area contributed by atoms with E-state index >= 15 is 0 Å². The van der Waals surface area contributed by atoms with Crippen LogP contribution >= 0.6 is 0 Å². The van der Waals surface area contributed by atoms with Gasteiger partial charge in [0.2, 0.25) is 0 Å². The maximum atomic E-state index is 9.34. The highest BCUT2D eigenvalue weighted by atomic mass is 16.5. The Morgan fingerprint density at radius 2 is 2.08 bits per heavy atom. The van der Waals surface area contributed by atoms with E-state index in [1.165, 1.54) is 5.56 Å². The van der Waals surface area contributed by atoms with Crippen molar-refractivity contribution in [3.63, 3.8) is 0 Å². The Morgan fingerprint density at radius 3 is 2.83 bits per heavy atom. The third-order valence-electron chi connectivity index (χ3n) is 3.76. The topological polar surface area (TPSA) is 50.8 Å². The molecule has 1 heterocycles. The van der Waals surface area contributed by atoms with Gasteiger partial charge in [-0.15, -0.1) is 0 Å². The average molecular weight is 317 g/mol. The van der Waals surface area contributed by atoms with Gasteiger partial charge < -0.3 is 9.30 Å². The molecule has 3 aromatic rings. The zero-order valence-electron chi connectivity index (χ0n) is 13.6. The standard InChI is InChI=1S/C20H19N3O/c1-2-4-16-5-3-6-19(11-16)24-20-12-17(7-8-18(20)13-21)14-23-10-9-22-15-23/h3,5-12,15H,2,4,14H2,1H3. The van der Waals surface area contributed by atoms with E-state index in [0.717, 1.165) is 24.2 Å². The van der Waals surface area contributed by atoms with Crippen molar-refractivity contribution in [1.82, 2.24) is 9.55 Å². The van der Waals surface area contributed by atoms with Crippen molar-refractivity contribution in [3.05, 3.63) is 77.9 Å². The predicted molar refractivity (Wildman–Crippen MR) is 93.0 cm³/mol. The van der Waals surface area contributed by atoms with E-state index in [4.69, 9.17) is 4.74 Å². The van der Waals surface area contributed by atoms with Gasteiger partial charge in [-0.1, -0.05) is 31.5 Å². The fourth-order valence-corrected chi connectivity index (χ4v) is 2.61. The molecule has 4 heteroatoms. The van der Waals surface area contributed by atoms with Crippen LogP contribution in [-0.4, -0.2) is 9.55 Å². The molecule has 0 aliphatic carbocycles. The summed E-state index contributed by atoms with van der Waals surface area (Å²) < 4.78 is 7.98. The van der Waals surface area contributed by atoms with Crippen molar-refractivity contribution in [2.75, 3.05) is 0 Å². The van der Waals surface area contributed by atoms with E-state index in [2.05, 4.69) is 24.0 Å². The fraction of sp³-hybridized carbons (Fsp3) is 0.200. The second-order valence-corrected chi connectivity index (χ2v) is 5.68. The summed E-state index contributed by atoms with van der Waals surface area (Å²) in [6, 6.07) is 15.9. The Bertz CT molecular complexity index is 848. The smallest absolute Gasteiger partial charge is 0.145 e. The molecule has 0 bridgehead atoms.